The zero-order chi connectivity index (χ0) is 17.4. The highest BCUT2D eigenvalue weighted by Gasteiger charge is 2.32. The lowest BCUT2D eigenvalue weighted by Crippen LogP contribution is -2.40. The molecule has 0 aliphatic carbocycles. The molecule has 2 rings (SSSR count). The maximum absolute atomic E-state index is 12.9. The van der Waals surface area contributed by atoms with Crippen molar-refractivity contribution in [2.24, 2.45) is 0 Å². The van der Waals surface area contributed by atoms with Crippen molar-refractivity contribution < 1.29 is 14.3 Å². The molecule has 4 heteroatoms. The van der Waals surface area contributed by atoms with E-state index < -0.39 is 12.0 Å². The fourth-order valence-electron chi connectivity index (χ4n) is 2.49. The van der Waals surface area contributed by atoms with E-state index in [1.54, 1.807) is 37.3 Å². The van der Waals surface area contributed by atoms with Gasteiger partial charge in [-0.25, -0.2) is 4.79 Å². The molecular weight excluding hydrogens is 302 g/mol. The van der Waals surface area contributed by atoms with Crippen LogP contribution < -0.4 is 0 Å². The van der Waals surface area contributed by atoms with Gasteiger partial charge in [0.2, 0.25) is 0 Å². The van der Waals surface area contributed by atoms with Gasteiger partial charge in [0, 0.05) is 12.1 Å². The molecule has 0 spiro atoms. The second-order valence-corrected chi connectivity index (χ2v) is 5.18. The molecule has 1 unspecified atom stereocenters. The number of nitrogens with zero attached hydrogens (tertiary/aromatic N) is 1. The van der Waals surface area contributed by atoms with E-state index in [1.807, 2.05) is 36.4 Å². The van der Waals surface area contributed by atoms with Crippen LogP contribution in [0.2, 0.25) is 0 Å². The number of amides is 1. The van der Waals surface area contributed by atoms with Crippen LogP contribution in [-0.2, 0) is 9.53 Å². The number of ether oxygens (including phenoxy) is 1. The molecule has 1 amide bonds. The smallest absolute Gasteiger partial charge is 0.333 e. The summed E-state index contributed by atoms with van der Waals surface area (Å²) in [4.78, 5) is 27.0. The lowest BCUT2D eigenvalue weighted by molar-refractivity contribution is -0.148. The molecule has 24 heavy (non-hydrogen) atoms. The van der Waals surface area contributed by atoms with Crippen LogP contribution in [0.15, 0.2) is 73.3 Å². The maximum atomic E-state index is 12.9. The minimum atomic E-state index is -0.808. The summed E-state index contributed by atoms with van der Waals surface area (Å²) in [5.74, 6) is -0.688. The zero-order valence-electron chi connectivity index (χ0n) is 13.7. The largest absolute Gasteiger partial charge is 0.464 e. The molecular formula is C20H21NO3. The summed E-state index contributed by atoms with van der Waals surface area (Å²) in [6.07, 6.45) is 1.61. The van der Waals surface area contributed by atoms with Gasteiger partial charge in [0.25, 0.3) is 5.91 Å². The van der Waals surface area contributed by atoms with E-state index in [1.165, 1.54) is 4.90 Å². The molecule has 0 N–H and O–H groups in total. The van der Waals surface area contributed by atoms with Crippen LogP contribution in [0.1, 0.15) is 28.9 Å². The molecule has 0 saturated carbocycles. The minimum absolute atomic E-state index is 0.239. The van der Waals surface area contributed by atoms with Gasteiger partial charge in [-0.2, -0.15) is 0 Å². The van der Waals surface area contributed by atoms with Gasteiger partial charge in [-0.1, -0.05) is 54.6 Å². The van der Waals surface area contributed by atoms with E-state index in [2.05, 4.69) is 6.58 Å². The summed E-state index contributed by atoms with van der Waals surface area (Å²) < 4.78 is 5.20. The summed E-state index contributed by atoms with van der Waals surface area (Å²) >= 11 is 0. The summed E-state index contributed by atoms with van der Waals surface area (Å²) in [5, 5.41) is 0. The van der Waals surface area contributed by atoms with Crippen molar-refractivity contribution in [3.8, 4) is 0 Å². The number of carbonyl (C=O) groups excluding carboxylic acids is 2. The van der Waals surface area contributed by atoms with Crippen molar-refractivity contribution in [1.29, 1.82) is 0 Å². The first-order valence-corrected chi connectivity index (χ1v) is 7.87. The highest BCUT2D eigenvalue weighted by atomic mass is 16.5. The molecule has 2 aromatic rings. The van der Waals surface area contributed by atoms with E-state index in [4.69, 9.17) is 4.74 Å². The fraction of sp³-hybridized carbons (Fsp3) is 0.200. The first-order chi connectivity index (χ1) is 11.7. The summed E-state index contributed by atoms with van der Waals surface area (Å²) in [7, 11) is 0. The van der Waals surface area contributed by atoms with Gasteiger partial charge in [-0.3, -0.25) is 4.79 Å². The van der Waals surface area contributed by atoms with Crippen LogP contribution in [0.25, 0.3) is 0 Å². The monoisotopic (exact) mass is 323 g/mol. The zero-order valence-corrected chi connectivity index (χ0v) is 13.7. The lowest BCUT2D eigenvalue weighted by Gasteiger charge is -2.29. The van der Waals surface area contributed by atoms with Crippen LogP contribution in [0, 0.1) is 0 Å². The van der Waals surface area contributed by atoms with Gasteiger partial charge >= 0.3 is 5.97 Å². The van der Waals surface area contributed by atoms with Crippen LogP contribution in [0.3, 0.4) is 0 Å². The van der Waals surface area contributed by atoms with E-state index in [0.29, 0.717) is 11.1 Å². The molecule has 0 aliphatic heterocycles. The summed E-state index contributed by atoms with van der Waals surface area (Å²) in [5.41, 5.74) is 1.23. The molecule has 0 fully saturated rings. The average Bonchev–Trinajstić information content (AvgIpc) is 2.62. The highest BCUT2D eigenvalue weighted by Crippen LogP contribution is 2.24. The number of esters is 1. The average molecular weight is 323 g/mol. The molecule has 0 aliphatic rings. The normalized spacial score (nSPS) is 11.4. The van der Waals surface area contributed by atoms with Crippen molar-refractivity contribution in [1.82, 2.24) is 4.90 Å². The second kappa shape index (κ2) is 8.67. The van der Waals surface area contributed by atoms with Crippen LogP contribution >= 0.6 is 0 Å². The van der Waals surface area contributed by atoms with Gasteiger partial charge in [-0.15, -0.1) is 6.58 Å². The molecule has 0 radical (unpaired) electrons. The number of carbonyl (C=O) groups is 2. The third kappa shape index (κ3) is 4.10. The molecule has 124 valence electrons. The van der Waals surface area contributed by atoms with Crippen molar-refractivity contribution in [3.05, 3.63) is 84.4 Å². The Hall–Kier alpha value is -2.88. The first kappa shape index (κ1) is 17.5. The molecule has 4 nitrogen and oxygen atoms in total. The van der Waals surface area contributed by atoms with Gasteiger partial charge in [0.05, 0.1) is 6.61 Å². The van der Waals surface area contributed by atoms with Crippen LogP contribution in [0.4, 0.5) is 0 Å². The molecule has 0 saturated heterocycles. The molecule has 0 aromatic heterocycles. The fourth-order valence-corrected chi connectivity index (χ4v) is 2.49. The highest BCUT2D eigenvalue weighted by molar-refractivity contribution is 5.97. The summed E-state index contributed by atoms with van der Waals surface area (Å²) in [6, 6.07) is 17.2. The molecule has 0 heterocycles. The Bertz CT molecular complexity index is 683. The summed E-state index contributed by atoms with van der Waals surface area (Å²) in [6.45, 7) is 5.95. The molecule has 1 atom stereocenters. The van der Waals surface area contributed by atoms with Gasteiger partial charge in [0.1, 0.15) is 0 Å². The Morgan fingerprint density at radius 3 is 2.21 bits per heavy atom. The van der Waals surface area contributed by atoms with Crippen molar-refractivity contribution in [2.45, 2.75) is 13.0 Å². The second-order valence-electron chi connectivity index (χ2n) is 5.18. The predicted octanol–water partition coefficient (Wildman–Crippen LogP) is 3.62. The Balaban J connectivity index is 2.44. The Morgan fingerprint density at radius 2 is 1.67 bits per heavy atom. The van der Waals surface area contributed by atoms with Crippen LogP contribution in [0.5, 0.6) is 0 Å². The molecule has 0 bridgehead atoms. The van der Waals surface area contributed by atoms with Crippen molar-refractivity contribution in [3.63, 3.8) is 0 Å². The Morgan fingerprint density at radius 1 is 1.08 bits per heavy atom. The van der Waals surface area contributed by atoms with Gasteiger partial charge in [-0.05, 0) is 24.6 Å². The number of hydrogen-bond acceptors (Lipinski definition) is 3. The number of rotatable bonds is 7. The third-order valence-electron chi connectivity index (χ3n) is 3.54. The van der Waals surface area contributed by atoms with E-state index >= 15 is 0 Å². The number of benzene rings is 2. The Labute approximate surface area is 142 Å². The standard InChI is InChI=1S/C20H21NO3/c1-3-15-21(19(22)17-13-9-6-10-14-17)18(20(23)24-4-2)16-11-7-5-8-12-16/h3,5-14,18H,1,4,15H2,2H3. The van der Waals surface area contributed by atoms with Gasteiger partial charge < -0.3 is 9.64 Å². The topological polar surface area (TPSA) is 46.6 Å². The van der Waals surface area contributed by atoms with Crippen LogP contribution in [-0.4, -0.2) is 29.9 Å². The Kier molecular flexibility index (Phi) is 6.32. The number of hydrogen-bond donors (Lipinski definition) is 0. The van der Waals surface area contributed by atoms with E-state index in [0.717, 1.165) is 0 Å². The van der Waals surface area contributed by atoms with Crippen molar-refractivity contribution >= 4 is 11.9 Å². The van der Waals surface area contributed by atoms with E-state index in [-0.39, 0.29) is 19.1 Å². The van der Waals surface area contributed by atoms with E-state index in [9.17, 15) is 9.59 Å². The quantitative estimate of drug-likeness (QED) is 0.577. The maximum Gasteiger partial charge on any atom is 0.333 e. The minimum Gasteiger partial charge on any atom is -0.464 e. The molecule has 2 aromatic carbocycles. The van der Waals surface area contributed by atoms with Crippen molar-refractivity contribution in [2.75, 3.05) is 13.2 Å². The van der Waals surface area contributed by atoms with Gasteiger partial charge in [0.15, 0.2) is 6.04 Å². The predicted molar refractivity (Wildman–Crippen MR) is 93.5 cm³/mol. The lowest BCUT2D eigenvalue weighted by atomic mass is 10.0. The third-order valence-corrected chi connectivity index (χ3v) is 3.54. The first-order valence-electron chi connectivity index (χ1n) is 7.87. The SMILES string of the molecule is C=CCN(C(=O)c1ccccc1)C(C(=O)OCC)c1ccccc1.